The molecule has 2 aliphatic carbocycles. The summed E-state index contributed by atoms with van der Waals surface area (Å²) in [6, 6.07) is 15.0. The van der Waals surface area contributed by atoms with Gasteiger partial charge in [0.05, 0.1) is 42.5 Å². The van der Waals surface area contributed by atoms with Gasteiger partial charge in [0.25, 0.3) is 5.91 Å². The zero-order valence-corrected chi connectivity index (χ0v) is 27.1. The van der Waals surface area contributed by atoms with Crippen LogP contribution in [0.15, 0.2) is 60.0 Å². The number of carbonyl (C=O) groups excluding carboxylic acids is 1. The summed E-state index contributed by atoms with van der Waals surface area (Å²) in [7, 11) is 1.69. The van der Waals surface area contributed by atoms with Gasteiger partial charge in [-0.3, -0.25) is 9.79 Å². The number of carbonyl (C=O) groups is 1. The Bertz CT molecular complexity index is 2140. The van der Waals surface area contributed by atoms with Crippen molar-refractivity contribution in [2.24, 2.45) is 28.5 Å². The van der Waals surface area contributed by atoms with Gasteiger partial charge in [0.2, 0.25) is 0 Å². The van der Waals surface area contributed by atoms with Gasteiger partial charge in [0.1, 0.15) is 23.3 Å². The minimum Gasteiger partial charge on any atom is -0.494 e. The number of hydrogen-bond donors (Lipinski definition) is 1. The molecule has 10 rings (SSSR count). The molecule has 2 bridgehead atoms. The predicted molar refractivity (Wildman–Crippen MR) is 185 cm³/mol. The summed E-state index contributed by atoms with van der Waals surface area (Å²) in [5, 5.41) is 1.21. The van der Waals surface area contributed by atoms with Crippen LogP contribution >= 0.6 is 0 Å². The van der Waals surface area contributed by atoms with Crippen molar-refractivity contribution < 1.29 is 9.53 Å². The van der Waals surface area contributed by atoms with E-state index in [1.807, 2.05) is 23.2 Å². The van der Waals surface area contributed by atoms with E-state index in [0.717, 1.165) is 91.8 Å². The molecule has 11 heteroatoms. The molecule has 1 amide bonds. The maximum absolute atomic E-state index is 14.0. The molecule has 5 aliphatic rings. The summed E-state index contributed by atoms with van der Waals surface area (Å²) in [6.45, 7) is 5.00. The number of aliphatic imine (C=N–C) groups is 1. The smallest absolute Gasteiger partial charge is 0.254 e. The minimum absolute atomic E-state index is 0.0209. The monoisotopic (exact) mass is 641 g/mol. The molecular formula is C37H39N9O2. The van der Waals surface area contributed by atoms with Crippen molar-refractivity contribution >= 4 is 39.2 Å². The third-order valence-corrected chi connectivity index (χ3v) is 11.4. The number of benzene rings is 2. The molecule has 4 fully saturated rings. The molecule has 0 spiro atoms. The first-order chi connectivity index (χ1) is 23.5. The van der Waals surface area contributed by atoms with Crippen molar-refractivity contribution in [3.05, 3.63) is 66.2 Å². The molecule has 6 heterocycles. The lowest BCUT2D eigenvalue weighted by molar-refractivity contribution is 0.0700. The van der Waals surface area contributed by atoms with Gasteiger partial charge in [-0.15, -0.1) is 0 Å². The Labute approximate surface area is 278 Å². The van der Waals surface area contributed by atoms with E-state index < -0.39 is 0 Å². The number of amides is 1. The van der Waals surface area contributed by atoms with Crippen LogP contribution in [0.2, 0.25) is 0 Å². The van der Waals surface area contributed by atoms with Gasteiger partial charge in [-0.05, 0) is 61.8 Å². The number of imidazole rings is 1. The fraction of sp³-hybridized carbons (Fsp3) is 0.432. The number of anilines is 1. The number of para-hydroxylation sites is 1. The SMILES string of the molecule is COc1cc(C(=O)N2CC3CCC2[C@@H]3N)cc2nc(-c3cc4ccccc4n3CC3CC3)n(CC3CN(c4cncnc4C4=NC4)C3)c12. The van der Waals surface area contributed by atoms with Crippen LogP contribution in [-0.2, 0) is 13.1 Å². The largest absolute Gasteiger partial charge is 0.494 e. The van der Waals surface area contributed by atoms with Crippen LogP contribution < -0.4 is 15.4 Å². The molecule has 3 aromatic heterocycles. The number of rotatable bonds is 9. The number of aromatic nitrogens is 5. The molecule has 2 saturated heterocycles. The highest BCUT2D eigenvalue weighted by atomic mass is 16.5. The van der Waals surface area contributed by atoms with Crippen molar-refractivity contribution in [2.75, 3.05) is 38.2 Å². The van der Waals surface area contributed by atoms with E-state index in [0.29, 0.717) is 29.1 Å². The Morgan fingerprint density at radius 1 is 1.00 bits per heavy atom. The molecule has 48 heavy (non-hydrogen) atoms. The van der Waals surface area contributed by atoms with E-state index in [1.165, 1.54) is 23.7 Å². The Kier molecular flexibility index (Phi) is 6.25. The van der Waals surface area contributed by atoms with Crippen molar-refractivity contribution in [3.63, 3.8) is 0 Å². The van der Waals surface area contributed by atoms with E-state index in [-0.39, 0.29) is 18.0 Å². The average Bonchev–Trinajstić information content (AvgIpc) is 4.00. The highest BCUT2D eigenvalue weighted by Crippen LogP contribution is 2.41. The van der Waals surface area contributed by atoms with Gasteiger partial charge in [-0.2, -0.15) is 0 Å². The van der Waals surface area contributed by atoms with E-state index in [2.05, 4.69) is 59.3 Å². The second-order valence-corrected chi connectivity index (χ2v) is 14.5. The average molecular weight is 642 g/mol. The molecule has 5 aromatic rings. The molecule has 3 aliphatic heterocycles. The molecular weight excluding hydrogens is 602 g/mol. The normalized spacial score (nSPS) is 23.3. The number of likely N-dealkylation sites (tertiary alicyclic amines) is 1. The third-order valence-electron chi connectivity index (χ3n) is 11.4. The van der Waals surface area contributed by atoms with Crippen LogP contribution in [0.1, 0.15) is 41.7 Å². The van der Waals surface area contributed by atoms with Gasteiger partial charge in [-0.25, -0.2) is 15.0 Å². The fourth-order valence-electron chi connectivity index (χ4n) is 8.59. The van der Waals surface area contributed by atoms with Gasteiger partial charge in [0, 0.05) is 67.2 Å². The lowest BCUT2D eigenvalue weighted by Crippen LogP contribution is -2.49. The predicted octanol–water partition coefficient (Wildman–Crippen LogP) is 4.37. The molecule has 2 saturated carbocycles. The van der Waals surface area contributed by atoms with Crippen molar-refractivity contribution in [1.29, 1.82) is 0 Å². The molecule has 2 aromatic carbocycles. The summed E-state index contributed by atoms with van der Waals surface area (Å²) in [5.74, 6) is 3.08. The maximum Gasteiger partial charge on any atom is 0.254 e. The lowest BCUT2D eigenvalue weighted by Gasteiger charge is -2.41. The maximum atomic E-state index is 14.0. The van der Waals surface area contributed by atoms with Crippen LogP contribution in [0.4, 0.5) is 5.69 Å². The van der Waals surface area contributed by atoms with Crippen molar-refractivity contribution in [1.82, 2.24) is 29.0 Å². The molecule has 0 radical (unpaired) electrons. The topological polar surface area (TPSA) is 120 Å². The van der Waals surface area contributed by atoms with Crippen LogP contribution in [0.5, 0.6) is 5.75 Å². The molecule has 3 atom stereocenters. The number of piperidine rings is 1. The zero-order chi connectivity index (χ0) is 32.1. The number of fused-ring (bicyclic) bond motifs is 4. The lowest BCUT2D eigenvalue weighted by atomic mass is 9.98. The molecule has 2 N–H and O–H groups in total. The van der Waals surface area contributed by atoms with Gasteiger partial charge in [0.15, 0.2) is 5.82 Å². The van der Waals surface area contributed by atoms with Crippen molar-refractivity contribution in [3.8, 4) is 17.3 Å². The van der Waals surface area contributed by atoms with E-state index in [1.54, 1.807) is 13.4 Å². The first-order valence-electron chi connectivity index (χ1n) is 17.4. The number of nitrogens with zero attached hydrogens (tertiary/aromatic N) is 8. The molecule has 244 valence electrons. The summed E-state index contributed by atoms with van der Waals surface area (Å²) in [5.41, 5.74) is 14.2. The quantitative estimate of drug-likeness (QED) is 0.254. The Hall–Kier alpha value is -4.77. The summed E-state index contributed by atoms with van der Waals surface area (Å²) >= 11 is 0. The number of methoxy groups -OCH3 is 1. The highest BCUT2D eigenvalue weighted by Gasteiger charge is 2.47. The third kappa shape index (κ3) is 4.47. The second-order valence-electron chi connectivity index (χ2n) is 14.5. The van der Waals surface area contributed by atoms with Gasteiger partial charge < -0.3 is 29.4 Å². The highest BCUT2D eigenvalue weighted by molar-refractivity contribution is 6.12. The Morgan fingerprint density at radius 2 is 1.83 bits per heavy atom. The number of nitrogens with two attached hydrogens (primary N) is 1. The fourth-order valence-corrected chi connectivity index (χ4v) is 8.59. The van der Waals surface area contributed by atoms with Crippen LogP contribution in [0.25, 0.3) is 33.5 Å². The summed E-state index contributed by atoms with van der Waals surface area (Å²) < 4.78 is 10.9. The van der Waals surface area contributed by atoms with E-state index >= 15 is 0 Å². The van der Waals surface area contributed by atoms with Crippen LogP contribution in [0, 0.1) is 17.8 Å². The van der Waals surface area contributed by atoms with Crippen LogP contribution in [0.3, 0.4) is 0 Å². The first-order valence-corrected chi connectivity index (χ1v) is 17.4. The van der Waals surface area contributed by atoms with E-state index in [9.17, 15) is 4.79 Å². The zero-order valence-electron chi connectivity index (χ0n) is 27.1. The van der Waals surface area contributed by atoms with Crippen molar-refractivity contribution in [2.45, 2.75) is 50.9 Å². The standard InChI is InChI=1S/C37H39N9O2/c1-48-32-12-25(37(47)45-19-24-8-9-29(45)33(24)38)10-26-35(32)46(18-22-15-43(16-22)31-14-39-20-41-34(31)27-13-40-27)36(42-26)30-11-23-4-2-3-5-28(23)44(30)17-21-6-7-21/h2-5,10-12,14,20-22,24,29,33H,6-9,13,15-19,38H2,1H3/t24?,29?,33-/m1/s1. The Morgan fingerprint density at radius 3 is 2.58 bits per heavy atom. The summed E-state index contributed by atoms with van der Waals surface area (Å²) in [6.07, 6.45) is 8.12. The Balaban J connectivity index is 1.06. The van der Waals surface area contributed by atoms with Gasteiger partial charge >= 0.3 is 0 Å². The molecule has 2 unspecified atom stereocenters. The molecule has 11 nitrogen and oxygen atoms in total. The van der Waals surface area contributed by atoms with Crippen LogP contribution in [-0.4, -0.2) is 86.0 Å². The van der Waals surface area contributed by atoms with Gasteiger partial charge in [-0.1, -0.05) is 18.2 Å². The van der Waals surface area contributed by atoms with E-state index in [4.69, 9.17) is 15.5 Å². The summed E-state index contributed by atoms with van der Waals surface area (Å²) in [4.78, 5) is 36.9. The number of hydrogen-bond acceptors (Lipinski definition) is 8. The first kappa shape index (κ1) is 28.3. The number of ether oxygens (including phenoxy) is 1. The minimum atomic E-state index is 0.0209. The second kappa shape index (κ2) is 10.6.